The van der Waals surface area contributed by atoms with Gasteiger partial charge in [0.05, 0.1) is 6.61 Å². The minimum absolute atomic E-state index is 0. The molecule has 1 aromatic carbocycles. The third kappa shape index (κ3) is 4.21. The van der Waals surface area contributed by atoms with E-state index in [1.165, 1.54) is 0 Å². The van der Waals surface area contributed by atoms with E-state index >= 15 is 0 Å². The molecule has 7 nitrogen and oxygen atoms in total. The number of carbonyl (C=O) groups excluding carboxylic acids is 1. The van der Waals surface area contributed by atoms with Crippen molar-refractivity contribution in [2.45, 2.75) is 13.5 Å². The van der Waals surface area contributed by atoms with Gasteiger partial charge < -0.3 is 19.6 Å². The third-order valence-corrected chi connectivity index (χ3v) is 4.39. The fourth-order valence-corrected chi connectivity index (χ4v) is 3.01. The Morgan fingerprint density at radius 1 is 1.23 bits per heavy atom. The van der Waals surface area contributed by atoms with Gasteiger partial charge in [0.15, 0.2) is 22.9 Å². The maximum absolute atomic E-state index is 12.4. The summed E-state index contributed by atoms with van der Waals surface area (Å²) in [6, 6.07) is 13.3. The first kappa shape index (κ1) is 21.1. The molecule has 1 aliphatic heterocycles. The summed E-state index contributed by atoms with van der Waals surface area (Å²) in [6.07, 6.45) is 4.93. The maximum Gasteiger partial charge on any atom is 0.347 e. The molecule has 4 rings (SSSR count). The Morgan fingerprint density at radius 2 is 2.03 bits per heavy atom. The van der Waals surface area contributed by atoms with Crippen LogP contribution in [0.5, 0.6) is 5.75 Å². The zero-order chi connectivity index (χ0) is 20.2. The average Bonchev–Trinajstić information content (AvgIpc) is 3.29. The lowest BCUT2D eigenvalue weighted by atomic mass is 10.1. The molecule has 0 saturated carbocycles. The number of ether oxygens (including phenoxy) is 1. The van der Waals surface area contributed by atoms with E-state index in [2.05, 4.69) is 15.3 Å². The van der Waals surface area contributed by atoms with Crippen LogP contribution >= 0.6 is 12.4 Å². The van der Waals surface area contributed by atoms with Gasteiger partial charge in [-0.25, -0.2) is 14.8 Å². The number of furan rings is 1. The molecule has 154 valence electrons. The molecule has 0 atom stereocenters. The van der Waals surface area contributed by atoms with Crippen molar-refractivity contribution in [3.63, 3.8) is 0 Å². The van der Waals surface area contributed by atoms with Gasteiger partial charge in [-0.05, 0) is 30.7 Å². The van der Waals surface area contributed by atoms with Crippen molar-refractivity contribution in [1.82, 2.24) is 4.98 Å². The lowest BCUT2D eigenvalue weighted by molar-refractivity contribution is 0.0524. The van der Waals surface area contributed by atoms with E-state index in [0.717, 1.165) is 16.7 Å². The second-order valence-electron chi connectivity index (χ2n) is 6.31. The van der Waals surface area contributed by atoms with Gasteiger partial charge in [-0.1, -0.05) is 30.3 Å². The van der Waals surface area contributed by atoms with Crippen molar-refractivity contribution in [2.75, 3.05) is 11.9 Å². The molecule has 0 aliphatic carbocycles. The highest BCUT2D eigenvalue weighted by Crippen LogP contribution is 2.38. The van der Waals surface area contributed by atoms with E-state index in [1.54, 1.807) is 31.5 Å². The van der Waals surface area contributed by atoms with Crippen LogP contribution in [-0.4, -0.2) is 28.9 Å². The Morgan fingerprint density at radius 3 is 2.80 bits per heavy atom. The van der Waals surface area contributed by atoms with E-state index in [4.69, 9.17) is 9.15 Å². The SMILES string of the molecule is CCOC(=O)c1c(NCc2ccccc2)oc(/C=C2\C=Nc3ncccc32)c1O.Cl. The summed E-state index contributed by atoms with van der Waals surface area (Å²) in [6.45, 7) is 2.31. The molecule has 0 saturated heterocycles. The Kier molecular flexibility index (Phi) is 6.54. The molecular formula is C22H20ClN3O4. The number of nitrogens with zero attached hydrogens (tertiary/aromatic N) is 2. The van der Waals surface area contributed by atoms with Gasteiger partial charge in [0.25, 0.3) is 0 Å². The number of aliphatic imine (C=N–C) groups is 1. The summed E-state index contributed by atoms with van der Waals surface area (Å²) in [5, 5.41) is 13.7. The molecular weight excluding hydrogens is 406 g/mol. The number of esters is 1. The second kappa shape index (κ2) is 9.28. The molecule has 3 aromatic rings. The predicted octanol–water partition coefficient (Wildman–Crippen LogP) is 4.85. The summed E-state index contributed by atoms with van der Waals surface area (Å²) >= 11 is 0. The van der Waals surface area contributed by atoms with Crippen molar-refractivity contribution < 1.29 is 19.1 Å². The number of hydrogen-bond acceptors (Lipinski definition) is 7. The fourth-order valence-electron chi connectivity index (χ4n) is 3.01. The number of rotatable bonds is 6. The van der Waals surface area contributed by atoms with Crippen LogP contribution in [0.2, 0.25) is 0 Å². The summed E-state index contributed by atoms with van der Waals surface area (Å²) in [4.78, 5) is 20.8. The lowest BCUT2D eigenvalue weighted by Crippen LogP contribution is -2.08. The van der Waals surface area contributed by atoms with Gasteiger partial charge >= 0.3 is 5.97 Å². The average molecular weight is 426 g/mol. The molecule has 0 fully saturated rings. The first-order valence-corrected chi connectivity index (χ1v) is 9.19. The Labute approximate surface area is 179 Å². The number of hydrogen-bond donors (Lipinski definition) is 2. The van der Waals surface area contributed by atoms with Gasteiger partial charge in [0.2, 0.25) is 5.88 Å². The Hall–Kier alpha value is -3.58. The number of carbonyl (C=O) groups is 1. The molecule has 0 bridgehead atoms. The van der Waals surface area contributed by atoms with E-state index < -0.39 is 5.97 Å². The normalized spacial score (nSPS) is 13.0. The van der Waals surface area contributed by atoms with E-state index in [1.807, 2.05) is 36.4 Å². The number of halogens is 1. The number of benzene rings is 1. The zero-order valence-corrected chi connectivity index (χ0v) is 17.0. The van der Waals surface area contributed by atoms with Crippen LogP contribution in [0.25, 0.3) is 11.6 Å². The summed E-state index contributed by atoms with van der Waals surface area (Å²) < 4.78 is 10.9. The number of aromatic hydroxyl groups is 1. The number of allylic oxidation sites excluding steroid dienone is 1. The Bertz CT molecular complexity index is 1110. The quantitative estimate of drug-likeness (QED) is 0.548. The molecule has 8 heteroatoms. The third-order valence-electron chi connectivity index (χ3n) is 4.39. The van der Waals surface area contributed by atoms with E-state index in [9.17, 15) is 9.90 Å². The lowest BCUT2D eigenvalue weighted by Gasteiger charge is -2.06. The minimum atomic E-state index is -0.656. The molecule has 1 aliphatic rings. The summed E-state index contributed by atoms with van der Waals surface area (Å²) in [7, 11) is 0. The molecule has 0 amide bonds. The monoisotopic (exact) mass is 425 g/mol. The van der Waals surface area contributed by atoms with Crippen LogP contribution in [0.4, 0.5) is 11.7 Å². The molecule has 3 heterocycles. The number of anilines is 1. The smallest absolute Gasteiger partial charge is 0.347 e. The Balaban J connectivity index is 0.00000256. The van der Waals surface area contributed by atoms with Crippen molar-refractivity contribution in [3.8, 4) is 5.75 Å². The fraction of sp³-hybridized carbons (Fsp3) is 0.136. The van der Waals surface area contributed by atoms with Crippen molar-refractivity contribution in [3.05, 3.63) is 71.1 Å². The molecule has 0 spiro atoms. The highest BCUT2D eigenvalue weighted by atomic mass is 35.5. The van der Waals surface area contributed by atoms with Crippen LogP contribution in [0.1, 0.15) is 34.2 Å². The van der Waals surface area contributed by atoms with Crippen molar-refractivity contribution >= 4 is 47.9 Å². The van der Waals surface area contributed by atoms with Crippen LogP contribution < -0.4 is 5.32 Å². The minimum Gasteiger partial charge on any atom is -0.504 e. The second-order valence-corrected chi connectivity index (χ2v) is 6.31. The van der Waals surface area contributed by atoms with Gasteiger partial charge in [-0.15, -0.1) is 12.4 Å². The standard InChI is InChI=1S/C22H19N3O4.ClH/c1-2-28-22(27)18-19(26)17(11-15-13-24-20-16(15)9-6-10-23-20)29-21(18)25-12-14-7-4-3-5-8-14;/h3-11,13,25-26H,2,12H2,1H3;1H/b15-11+;. The van der Waals surface area contributed by atoms with Crippen LogP contribution in [0.3, 0.4) is 0 Å². The van der Waals surface area contributed by atoms with Gasteiger partial charge in [0.1, 0.15) is 0 Å². The van der Waals surface area contributed by atoms with Gasteiger partial charge in [-0.2, -0.15) is 0 Å². The van der Waals surface area contributed by atoms with Crippen LogP contribution in [0, 0.1) is 0 Å². The molecule has 0 unspecified atom stereocenters. The largest absolute Gasteiger partial charge is 0.504 e. The summed E-state index contributed by atoms with van der Waals surface area (Å²) in [5.41, 5.74) is 2.51. The van der Waals surface area contributed by atoms with E-state index in [0.29, 0.717) is 12.4 Å². The van der Waals surface area contributed by atoms with Crippen molar-refractivity contribution in [1.29, 1.82) is 0 Å². The number of fused-ring (bicyclic) bond motifs is 1. The van der Waals surface area contributed by atoms with Crippen LogP contribution in [-0.2, 0) is 11.3 Å². The highest BCUT2D eigenvalue weighted by molar-refractivity contribution is 6.21. The number of pyridine rings is 1. The van der Waals surface area contributed by atoms with Gasteiger partial charge in [0, 0.05) is 30.1 Å². The number of aromatic nitrogens is 1. The summed E-state index contributed by atoms with van der Waals surface area (Å²) in [5.74, 6) is -0.0500. The maximum atomic E-state index is 12.4. The first-order chi connectivity index (χ1) is 14.2. The molecule has 0 radical (unpaired) electrons. The molecule has 2 aromatic heterocycles. The van der Waals surface area contributed by atoms with Crippen molar-refractivity contribution in [2.24, 2.45) is 4.99 Å². The molecule has 2 N–H and O–H groups in total. The topological polar surface area (TPSA) is 97.0 Å². The molecule has 30 heavy (non-hydrogen) atoms. The predicted molar refractivity (Wildman–Crippen MR) is 118 cm³/mol. The van der Waals surface area contributed by atoms with E-state index in [-0.39, 0.29) is 42.0 Å². The van der Waals surface area contributed by atoms with Gasteiger partial charge in [-0.3, -0.25) is 0 Å². The zero-order valence-electron chi connectivity index (χ0n) is 16.2. The number of nitrogens with one attached hydrogen (secondary N) is 1. The first-order valence-electron chi connectivity index (χ1n) is 9.19. The van der Waals surface area contributed by atoms with Crippen LogP contribution in [0.15, 0.2) is 58.1 Å². The highest BCUT2D eigenvalue weighted by Gasteiger charge is 2.27.